The lowest BCUT2D eigenvalue weighted by molar-refractivity contribution is -0.121. The second kappa shape index (κ2) is 8.76. The average molecular weight is 411 g/mol. The summed E-state index contributed by atoms with van der Waals surface area (Å²) in [6.45, 7) is 4.11. The predicted molar refractivity (Wildman–Crippen MR) is 116 cm³/mol. The summed E-state index contributed by atoms with van der Waals surface area (Å²) in [4.78, 5) is 14.4. The molecule has 0 atom stereocenters. The minimum Gasteiger partial charge on any atom is -0.496 e. The van der Waals surface area contributed by atoms with Crippen molar-refractivity contribution in [3.05, 3.63) is 64.5 Å². The van der Waals surface area contributed by atoms with Gasteiger partial charge in [0.2, 0.25) is 5.91 Å². The van der Waals surface area contributed by atoms with Crippen molar-refractivity contribution in [2.24, 2.45) is 0 Å². The molecule has 0 spiro atoms. The lowest BCUT2D eigenvalue weighted by Gasteiger charge is -2.43. The first-order valence-electron chi connectivity index (χ1n) is 10.9. The number of likely N-dealkylation sites (tertiary alicyclic amines) is 1. The Labute approximate surface area is 178 Å². The molecule has 0 radical (unpaired) electrons. The number of rotatable bonds is 5. The Bertz CT molecular complexity index is 902. The molecule has 2 aliphatic rings. The maximum atomic E-state index is 13.4. The van der Waals surface area contributed by atoms with Crippen LogP contribution in [0.25, 0.3) is 0 Å². The lowest BCUT2D eigenvalue weighted by atomic mass is 9.80. The standard InChI is InChI=1S/C25H31FN2O2/c1-18(29)27-25(22-7-9-23(26)10-8-22)11-13-28(14-12-25)17-21-15-19-5-3-4-6-20(19)16-24(21)30-2/h7-10,15-16H,3-6,11-14,17H2,1-2H3,(H,27,29). The fraction of sp³-hybridized carbons (Fsp3) is 0.480. The van der Waals surface area contributed by atoms with Crippen LogP contribution in [0, 0.1) is 5.82 Å². The van der Waals surface area contributed by atoms with E-state index in [1.54, 1.807) is 26.2 Å². The van der Waals surface area contributed by atoms with Crippen LogP contribution in [-0.4, -0.2) is 31.0 Å². The number of nitrogens with zero attached hydrogens (tertiary/aromatic N) is 1. The third-order valence-electron chi connectivity index (χ3n) is 6.66. The number of nitrogens with one attached hydrogen (secondary N) is 1. The van der Waals surface area contributed by atoms with Crippen molar-refractivity contribution in [2.75, 3.05) is 20.2 Å². The lowest BCUT2D eigenvalue weighted by Crippen LogP contribution is -2.52. The highest BCUT2D eigenvalue weighted by Gasteiger charge is 2.37. The van der Waals surface area contributed by atoms with Crippen LogP contribution in [0.3, 0.4) is 0 Å². The topological polar surface area (TPSA) is 41.6 Å². The number of carbonyl (C=O) groups is 1. The van der Waals surface area contributed by atoms with Crippen LogP contribution in [0.5, 0.6) is 5.75 Å². The molecule has 0 saturated carbocycles. The number of fused-ring (bicyclic) bond motifs is 1. The highest BCUT2D eigenvalue weighted by Crippen LogP contribution is 2.35. The van der Waals surface area contributed by atoms with Crippen molar-refractivity contribution in [1.82, 2.24) is 10.2 Å². The Hall–Kier alpha value is -2.40. The number of benzene rings is 2. The normalized spacial score (nSPS) is 18.5. The molecular formula is C25H31FN2O2. The summed E-state index contributed by atoms with van der Waals surface area (Å²) in [5.74, 6) is 0.672. The Morgan fingerprint density at radius 2 is 1.73 bits per heavy atom. The molecule has 1 N–H and O–H groups in total. The molecule has 4 rings (SSSR count). The van der Waals surface area contributed by atoms with Crippen LogP contribution in [0.1, 0.15) is 54.9 Å². The minimum atomic E-state index is -0.435. The van der Waals surface area contributed by atoms with Gasteiger partial charge in [0.15, 0.2) is 0 Å². The van der Waals surface area contributed by atoms with Gasteiger partial charge >= 0.3 is 0 Å². The molecule has 0 unspecified atom stereocenters. The van der Waals surface area contributed by atoms with E-state index in [9.17, 15) is 9.18 Å². The van der Waals surface area contributed by atoms with Crippen molar-refractivity contribution in [3.8, 4) is 5.75 Å². The summed E-state index contributed by atoms with van der Waals surface area (Å²) in [6.07, 6.45) is 6.42. The SMILES string of the molecule is COc1cc2c(cc1CN1CCC(NC(C)=O)(c3ccc(F)cc3)CC1)CCCC2. The van der Waals surface area contributed by atoms with E-state index < -0.39 is 5.54 Å². The molecule has 4 nitrogen and oxygen atoms in total. The van der Waals surface area contributed by atoms with E-state index in [4.69, 9.17) is 4.74 Å². The van der Waals surface area contributed by atoms with Gasteiger partial charge in [-0.05, 0) is 73.4 Å². The second-order valence-electron chi connectivity index (χ2n) is 8.69. The van der Waals surface area contributed by atoms with Gasteiger partial charge in [0.05, 0.1) is 12.6 Å². The molecule has 0 bridgehead atoms. The van der Waals surface area contributed by atoms with Crippen molar-refractivity contribution < 1.29 is 13.9 Å². The van der Waals surface area contributed by atoms with E-state index in [1.807, 2.05) is 0 Å². The molecule has 160 valence electrons. The molecular weight excluding hydrogens is 379 g/mol. The Kier molecular flexibility index (Phi) is 6.09. The number of amides is 1. The van der Waals surface area contributed by atoms with Gasteiger partial charge in [-0.15, -0.1) is 0 Å². The molecule has 1 aliphatic heterocycles. The van der Waals surface area contributed by atoms with E-state index in [2.05, 4.69) is 22.3 Å². The van der Waals surface area contributed by atoms with Gasteiger partial charge in [0.1, 0.15) is 11.6 Å². The number of aryl methyl sites for hydroxylation is 2. The highest BCUT2D eigenvalue weighted by atomic mass is 19.1. The Morgan fingerprint density at radius 1 is 1.10 bits per heavy atom. The molecule has 1 amide bonds. The van der Waals surface area contributed by atoms with Gasteiger partial charge in [-0.25, -0.2) is 4.39 Å². The summed E-state index contributed by atoms with van der Waals surface area (Å²) in [7, 11) is 1.75. The predicted octanol–water partition coefficient (Wildman–Crippen LogP) is 4.34. The van der Waals surface area contributed by atoms with Gasteiger partial charge in [0, 0.05) is 32.1 Å². The van der Waals surface area contributed by atoms with Gasteiger partial charge in [-0.3, -0.25) is 9.69 Å². The van der Waals surface area contributed by atoms with Gasteiger partial charge in [0.25, 0.3) is 0 Å². The zero-order chi connectivity index (χ0) is 21.1. The molecule has 1 saturated heterocycles. The van der Waals surface area contributed by atoms with Gasteiger partial charge in [-0.1, -0.05) is 18.2 Å². The van der Waals surface area contributed by atoms with Crippen LogP contribution in [-0.2, 0) is 29.7 Å². The number of methoxy groups -OCH3 is 1. The van der Waals surface area contributed by atoms with E-state index >= 15 is 0 Å². The van der Waals surface area contributed by atoms with Crippen molar-refractivity contribution >= 4 is 5.91 Å². The maximum Gasteiger partial charge on any atom is 0.217 e. The van der Waals surface area contributed by atoms with E-state index in [0.717, 1.165) is 56.6 Å². The Balaban J connectivity index is 1.50. The highest BCUT2D eigenvalue weighted by molar-refractivity contribution is 5.74. The smallest absolute Gasteiger partial charge is 0.217 e. The number of ether oxygens (including phenoxy) is 1. The molecule has 1 fully saturated rings. The van der Waals surface area contributed by atoms with Gasteiger partial charge < -0.3 is 10.1 Å². The fourth-order valence-electron chi connectivity index (χ4n) is 5.05. The van der Waals surface area contributed by atoms with Crippen LogP contribution in [0.4, 0.5) is 4.39 Å². The van der Waals surface area contributed by atoms with Crippen molar-refractivity contribution in [1.29, 1.82) is 0 Å². The van der Waals surface area contributed by atoms with Crippen LogP contribution in [0.15, 0.2) is 36.4 Å². The second-order valence-corrected chi connectivity index (χ2v) is 8.69. The fourth-order valence-corrected chi connectivity index (χ4v) is 5.05. The molecule has 0 aromatic heterocycles. The van der Waals surface area contributed by atoms with E-state index in [1.165, 1.54) is 41.7 Å². The number of hydrogen-bond donors (Lipinski definition) is 1. The molecule has 1 heterocycles. The summed E-state index contributed by atoms with van der Waals surface area (Å²) in [5.41, 5.74) is 4.68. The van der Waals surface area contributed by atoms with E-state index in [0.29, 0.717) is 0 Å². The number of piperidine rings is 1. The van der Waals surface area contributed by atoms with Crippen molar-refractivity contribution in [2.45, 2.75) is 57.5 Å². The summed E-state index contributed by atoms with van der Waals surface area (Å²) in [5, 5.41) is 3.17. The number of halogens is 1. The summed E-state index contributed by atoms with van der Waals surface area (Å²) < 4.78 is 19.1. The average Bonchev–Trinajstić information content (AvgIpc) is 2.75. The first-order valence-corrected chi connectivity index (χ1v) is 10.9. The quantitative estimate of drug-likeness (QED) is 0.797. The minimum absolute atomic E-state index is 0.0517. The van der Waals surface area contributed by atoms with Crippen LogP contribution in [0.2, 0.25) is 0 Å². The Morgan fingerprint density at radius 3 is 2.33 bits per heavy atom. The van der Waals surface area contributed by atoms with Crippen LogP contribution >= 0.6 is 0 Å². The maximum absolute atomic E-state index is 13.4. The molecule has 2 aromatic carbocycles. The first kappa shape index (κ1) is 20.9. The third-order valence-corrected chi connectivity index (χ3v) is 6.66. The number of hydrogen-bond acceptors (Lipinski definition) is 3. The summed E-state index contributed by atoms with van der Waals surface area (Å²) >= 11 is 0. The molecule has 5 heteroatoms. The van der Waals surface area contributed by atoms with Crippen molar-refractivity contribution in [3.63, 3.8) is 0 Å². The molecule has 30 heavy (non-hydrogen) atoms. The third kappa shape index (κ3) is 4.36. The summed E-state index contributed by atoms with van der Waals surface area (Å²) in [6, 6.07) is 11.1. The monoisotopic (exact) mass is 410 g/mol. The molecule has 2 aromatic rings. The first-order chi connectivity index (χ1) is 14.5. The zero-order valence-electron chi connectivity index (χ0n) is 18.0. The number of carbonyl (C=O) groups excluding carboxylic acids is 1. The van der Waals surface area contributed by atoms with E-state index in [-0.39, 0.29) is 11.7 Å². The van der Waals surface area contributed by atoms with Gasteiger partial charge in [-0.2, -0.15) is 0 Å². The zero-order valence-corrected chi connectivity index (χ0v) is 18.0. The van der Waals surface area contributed by atoms with Crippen LogP contribution < -0.4 is 10.1 Å². The molecule has 1 aliphatic carbocycles. The largest absolute Gasteiger partial charge is 0.496 e.